The largest absolute Gasteiger partial charge is 0.449 e. The van der Waals surface area contributed by atoms with Gasteiger partial charge in [0.1, 0.15) is 10.6 Å². The van der Waals surface area contributed by atoms with Crippen molar-refractivity contribution >= 4 is 34.1 Å². The molecule has 0 radical (unpaired) electrons. The maximum Gasteiger partial charge on any atom is 0.342 e. The van der Waals surface area contributed by atoms with Gasteiger partial charge in [-0.2, -0.15) is 0 Å². The average Bonchev–Trinajstić information content (AvgIpc) is 3.47. The standard InChI is InChI=1S/C22H26N2O4S/c1-13(2)11-23-19(25)14(3)28-22(27)18-17(15-7-5-4-6-8-15)12-29-21(18)24-20(26)16-9-10-16/h4-8,12-14,16H,9-11H2,1-3H3,(H,23,25)(H,24,26)/t14-/m0/s1. The number of carbonyl (C=O) groups is 3. The summed E-state index contributed by atoms with van der Waals surface area (Å²) in [6.07, 6.45) is 0.808. The molecule has 0 unspecified atom stereocenters. The second kappa shape index (κ2) is 9.22. The van der Waals surface area contributed by atoms with Crippen molar-refractivity contribution in [1.82, 2.24) is 5.32 Å². The van der Waals surface area contributed by atoms with Crippen LogP contribution in [0.3, 0.4) is 0 Å². The predicted octanol–water partition coefficient (Wildman–Crippen LogP) is 4.08. The van der Waals surface area contributed by atoms with E-state index >= 15 is 0 Å². The summed E-state index contributed by atoms with van der Waals surface area (Å²) in [7, 11) is 0. The first-order valence-electron chi connectivity index (χ1n) is 9.83. The van der Waals surface area contributed by atoms with E-state index in [1.165, 1.54) is 11.3 Å². The highest BCUT2D eigenvalue weighted by Gasteiger charge is 2.32. The number of anilines is 1. The molecule has 0 spiro atoms. The van der Waals surface area contributed by atoms with E-state index in [0.29, 0.717) is 28.6 Å². The molecule has 1 heterocycles. The van der Waals surface area contributed by atoms with E-state index in [1.807, 2.05) is 49.6 Å². The van der Waals surface area contributed by atoms with Crippen LogP contribution >= 0.6 is 11.3 Å². The highest BCUT2D eigenvalue weighted by molar-refractivity contribution is 7.15. The molecule has 29 heavy (non-hydrogen) atoms. The molecular weight excluding hydrogens is 388 g/mol. The van der Waals surface area contributed by atoms with Crippen molar-refractivity contribution in [3.05, 3.63) is 41.3 Å². The molecule has 1 aliphatic rings. The van der Waals surface area contributed by atoms with Crippen molar-refractivity contribution in [2.75, 3.05) is 11.9 Å². The molecule has 1 aliphatic carbocycles. The fourth-order valence-electron chi connectivity index (χ4n) is 2.76. The summed E-state index contributed by atoms with van der Waals surface area (Å²) in [5.41, 5.74) is 1.82. The van der Waals surface area contributed by atoms with Gasteiger partial charge in [-0.1, -0.05) is 44.2 Å². The Bertz CT molecular complexity index is 887. The third-order valence-corrected chi connectivity index (χ3v) is 5.50. The zero-order valence-corrected chi connectivity index (χ0v) is 17.7. The Morgan fingerprint density at radius 1 is 1.14 bits per heavy atom. The lowest BCUT2D eigenvalue weighted by Crippen LogP contribution is -2.37. The second-order valence-corrected chi connectivity index (χ2v) is 8.55. The smallest absolute Gasteiger partial charge is 0.342 e. The van der Waals surface area contributed by atoms with Crippen molar-refractivity contribution in [3.8, 4) is 11.1 Å². The summed E-state index contributed by atoms with van der Waals surface area (Å²) in [6.45, 7) is 6.04. The Kier molecular flexibility index (Phi) is 6.69. The number of nitrogens with one attached hydrogen (secondary N) is 2. The van der Waals surface area contributed by atoms with Gasteiger partial charge in [0.2, 0.25) is 5.91 Å². The van der Waals surface area contributed by atoms with Gasteiger partial charge < -0.3 is 15.4 Å². The minimum atomic E-state index is -0.934. The first-order chi connectivity index (χ1) is 13.9. The van der Waals surface area contributed by atoms with Crippen LogP contribution in [-0.4, -0.2) is 30.4 Å². The number of esters is 1. The minimum Gasteiger partial charge on any atom is -0.449 e. The van der Waals surface area contributed by atoms with Gasteiger partial charge >= 0.3 is 5.97 Å². The normalized spacial score (nSPS) is 14.3. The van der Waals surface area contributed by atoms with Gasteiger partial charge in [0.15, 0.2) is 6.10 Å². The number of rotatable bonds is 8. The Morgan fingerprint density at radius 3 is 2.45 bits per heavy atom. The van der Waals surface area contributed by atoms with Gasteiger partial charge in [0.25, 0.3) is 5.91 Å². The summed E-state index contributed by atoms with van der Waals surface area (Å²) in [6, 6.07) is 9.44. The minimum absolute atomic E-state index is 0.0156. The van der Waals surface area contributed by atoms with Crippen LogP contribution in [0, 0.1) is 11.8 Å². The van der Waals surface area contributed by atoms with Crippen LogP contribution in [0.15, 0.2) is 35.7 Å². The first-order valence-corrected chi connectivity index (χ1v) is 10.7. The van der Waals surface area contributed by atoms with E-state index < -0.39 is 12.1 Å². The fraction of sp³-hybridized carbons (Fsp3) is 0.409. The van der Waals surface area contributed by atoms with E-state index in [-0.39, 0.29) is 17.7 Å². The molecule has 154 valence electrons. The molecule has 1 aromatic carbocycles. The van der Waals surface area contributed by atoms with Crippen molar-refractivity contribution in [2.45, 2.75) is 39.7 Å². The fourth-order valence-corrected chi connectivity index (χ4v) is 3.72. The number of ether oxygens (including phenoxy) is 1. The highest BCUT2D eigenvalue weighted by atomic mass is 32.1. The van der Waals surface area contributed by atoms with Crippen LogP contribution in [0.5, 0.6) is 0 Å². The van der Waals surface area contributed by atoms with Crippen molar-refractivity contribution < 1.29 is 19.1 Å². The molecular formula is C22H26N2O4S. The summed E-state index contributed by atoms with van der Waals surface area (Å²) in [4.78, 5) is 37.5. The predicted molar refractivity (Wildman–Crippen MR) is 114 cm³/mol. The number of hydrogen-bond acceptors (Lipinski definition) is 5. The molecule has 2 N–H and O–H groups in total. The van der Waals surface area contributed by atoms with Crippen molar-refractivity contribution in [1.29, 1.82) is 0 Å². The monoisotopic (exact) mass is 414 g/mol. The number of thiophene rings is 1. The molecule has 0 bridgehead atoms. The Morgan fingerprint density at radius 2 is 1.83 bits per heavy atom. The van der Waals surface area contributed by atoms with Crippen LogP contribution in [0.4, 0.5) is 5.00 Å². The molecule has 0 saturated heterocycles. The van der Waals surface area contributed by atoms with Crippen LogP contribution in [-0.2, 0) is 14.3 Å². The quantitative estimate of drug-likeness (QED) is 0.638. The van der Waals surface area contributed by atoms with Crippen molar-refractivity contribution in [2.24, 2.45) is 11.8 Å². The Balaban J connectivity index is 1.82. The lowest BCUT2D eigenvalue weighted by Gasteiger charge is -2.16. The molecule has 1 aromatic heterocycles. The van der Waals surface area contributed by atoms with Gasteiger partial charge in [0.05, 0.1) is 0 Å². The molecule has 0 aliphatic heterocycles. The van der Waals surface area contributed by atoms with E-state index in [4.69, 9.17) is 4.74 Å². The lowest BCUT2D eigenvalue weighted by molar-refractivity contribution is -0.129. The highest BCUT2D eigenvalue weighted by Crippen LogP contribution is 2.38. The van der Waals surface area contributed by atoms with Gasteiger partial charge in [-0.25, -0.2) is 4.79 Å². The molecule has 1 fully saturated rings. The number of benzene rings is 1. The zero-order valence-electron chi connectivity index (χ0n) is 16.9. The average molecular weight is 415 g/mol. The Labute approximate surface area is 174 Å². The summed E-state index contributed by atoms with van der Waals surface area (Å²) >= 11 is 1.29. The lowest BCUT2D eigenvalue weighted by atomic mass is 10.0. The molecule has 2 amide bonds. The number of amides is 2. The molecule has 2 aromatic rings. The van der Waals surface area contributed by atoms with Crippen LogP contribution < -0.4 is 10.6 Å². The number of hydrogen-bond donors (Lipinski definition) is 2. The van der Waals surface area contributed by atoms with Gasteiger partial charge in [-0.05, 0) is 31.2 Å². The zero-order chi connectivity index (χ0) is 21.0. The SMILES string of the molecule is CC(C)CNC(=O)[C@H](C)OC(=O)c1c(-c2ccccc2)csc1NC(=O)C1CC1. The van der Waals surface area contributed by atoms with Gasteiger partial charge in [0, 0.05) is 23.4 Å². The summed E-state index contributed by atoms with van der Waals surface area (Å²) in [5.74, 6) is -0.728. The molecule has 1 atom stereocenters. The van der Waals surface area contributed by atoms with Crippen LogP contribution in [0.1, 0.15) is 44.0 Å². The maximum absolute atomic E-state index is 13.0. The van der Waals surface area contributed by atoms with E-state index in [9.17, 15) is 14.4 Å². The molecule has 7 heteroatoms. The molecule has 1 saturated carbocycles. The second-order valence-electron chi connectivity index (χ2n) is 7.67. The van der Waals surface area contributed by atoms with Gasteiger partial charge in [-0.15, -0.1) is 11.3 Å². The summed E-state index contributed by atoms with van der Waals surface area (Å²) in [5, 5.41) is 7.92. The maximum atomic E-state index is 13.0. The van der Waals surface area contributed by atoms with E-state index in [0.717, 1.165) is 18.4 Å². The van der Waals surface area contributed by atoms with Gasteiger partial charge in [-0.3, -0.25) is 9.59 Å². The third-order valence-electron chi connectivity index (χ3n) is 4.60. The van der Waals surface area contributed by atoms with E-state index in [1.54, 1.807) is 6.92 Å². The topological polar surface area (TPSA) is 84.5 Å². The Hall–Kier alpha value is -2.67. The van der Waals surface area contributed by atoms with Crippen LogP contribution in [0.2, 0.25) is 0 Å². The van der Waals surface area contributed by atoms with Crippen LogP contribution in [0.25, 0.3) is 11.1 Å². The first kappa shape index (κ1) is 21.0. The number of carbonyl (C=O) groups excluding carboxylic acids is 3. The molecule has 6 nitrogen and oxygen atoms in total. The van der Waals surface area contributed by atoms with E-state index in [2.05, 4.69) is 10.6 Å². The summed E-state index contributed by atoms with van der Waals surface area (Å²) < 4.78 is 5.45. The third kappa shape index (κ3) is 5.44. The molecule has 3 rings (SSSR count). The van der Waals surface area contributed by atoms with Crippen molar-refractivity contribution in [3.63, 3.8) is 0 Å².